The summed E-state index contributed by atoms with van der Waals surface area (Å²) in [7, 11) is 0. The van der Waals surface area contributed by atoms with Crippen molar-refractivity contribution in [2.45, 2.75) is 6.42 Å². The van der Waals surface area contributed by atoms with Crippen molar-refractivity contribution in [1.82, 2.24) is 0 Å². The molecule has 2 rings (SSSR count). The van der Waals surface area contributed by atoms with Gasteiger partial charge in [0.25, 0.3) is 5.69 Å². The number of nitro groups is 1. The molecule has 1 aliphatic heterocycles. The molecule has 1 saturated heterocycles. The molecule has 0 bridgehead atoms. The van der Waals surface area contributed by atoms with Crippen LogP contribution in [0.15, 0.2) is 18.2 Å². The van der Waals surface area contributed by atoms with Crippen LogP contribution in [0.4, 0.5) is 11.4 Å². The standard InChI is InChI=1S/C11H11ClN2O4/c12-9-2-1-8(5-10(9)14(16)17)13-11(15)7-3-4-18-6-7/h1-2,5,7H,3-4,6H2,(H,13,15). The first-order valence-electron chi connectivity index (χ1n) is 5.40. The number of carbonyl (C=O) groups excluding carboxylic acids is 1. The van der Waals surface area contributed by atoms with E-state index in [2.05, 4.69) is 5.32 Å². The largest absolute Gasteiger partial charge is 0.381 e. The molecule has 18 heavy (non-hydrogen) atoms. The molecule has 1 N–H and O–H groups in total. The van der Waals surface area contributed by atoms with Gasteiger partial charge in [0.05, 0.1) is 17.4 Å². The van der Waals surface area contributed by atoms with Gasteiger partial charge < -0.3 is 10.1 Å². The normalized spacial score (nSPS) is 18.6. The second-order valence-electron chi connectivity index (χ2n) is 3.97. The average Bonchev–Trinajstić information content (AvgIpc) is 2.85. The summed E-state index contributed by atoms with van der Waals surface area (Å²) in [5.74, 6) is -0.385. The maximum atomic E-state index is 11.8. The second-order valence-corrected chi connectivity index (χ2v) is 4.38. The fourth-order valence-electron chi connectivity index (χ4n) is 1.72. The summed E-state index contributed by atoms with van der Waals surface area (Å²) < 4.78 is 5.11. The summed E-state index contributed by atoms with van der Waals surface area (Å²) in [6, 6.07) is 4.17. The van der Waals surface area contributed by atoms with Crippen molar-refractivity contribution in [2.75, 3.05) is 18.5 Å². The van der Waals surface area contributed by atoms with Crippen LogP contribution in [0.3, 0.4) is 0 Å². The van der Waals surface area contributed by atoms with Crippen LogP contribution in [-0.2, 0) is 9.53 Å². The Hall–Kier alpha value is -1.66. The Morgan fingerprint density at radius 2 is 2.33 bits per heavy atom. The van der Waals surface area contributed by atoms with Crippen LogP contribution >= 0.6 is 11.6 Å². The molecule has 0 radical (unpaired) electrons. The first kappa shape index (κ1) is 12.8. The Morgan fingerprint density at radius 3 is 2.94 bits per heavy atom. The number of amides is 1. The Labute approximate surface area is 108 Å². The molecule has 96 valence electrons. The highest BCUT2D eigenvalue weighted by molar-refractivity contribution is 6.32. The molecule has 0 aromatic heterocycles. The number of carbonyl (C=O) groups is 1. The fraction of sp³-hybridized carbons (Fsp3) is 0.364. The van der Waals surface area contributed by atoms with E-state index in [0.29, 0.717) is 25.3 Å². The van der Waals surface area contributed by atoms with Gasteiger partial charge in [0.15, 0.2) is 0 Å². The van der Waals surface area contributed by atoms with Crippen molar-refractivity contribution in [3.8, 4) is 0 Å². The van der Waals surface area contributed by atoms with Crippen LogP contribution < -0.4 is 5.32 Å². The van der Waals surface area contributed by atoms with Gasteiger partial charge >= 0.3 is 0 Å². The maximum absolute atomic E-state index is 11.8. The second kappa shape index (κ2) is 5.32. The van der Waals surface area contributed by atoms with E-state index in [1.807, 2.05) is 0 Å². The Kier molecular flexibility index (Phi) is 3.78. The average molecular weight is 271 g/mol. The van der Waals surface area contributed by atoms with Gasteiger partial charge in [0.2, 0.25) is 5.91 Å². The smallest absolute Gasteiger partial charge is 0.289 e. The molecule has 1 aromatic rings. The molecule has 1 atom stereocenters. The Bertz CT molecular complexity index is 486. The minimum absolute atomic E-state index is 0.0437. The first-order valence-corrected chi connectivity index (χ1v) is 5.78. The molecular weight excluding hydrogens is 260 g/mol. The lowest BCUT2D eigenvalue weighted by atomic mass is 10.1. The van der Waals surface area contributed by atoms with E-state index in [9.17, 15) is 14.9 Å². The molecule has 7 heteroatoms. The summed E-state index contributed by atoms with van der Waals surface area (Å²) in [6.45, 7) is 0.959. The van der Waals surface area contributed by atoms with Crippen molar-refractivity contribution in [3.05, 3.63) is 33.3 Å². The van der Waals surface area contributed by atoms with Crippen LogP contribution in [0.5, 0.6) is 0 Å². The van der Waals surface area contributed by atoms with E-state index >= 15 is 0 Å². The van der Waals surface area contributed by atoms with E-state index in [1.165, 1.54) is 18.2 Å². The number of nitro benzene ring substituents is 1. The number of hydrogen-bond acceptors (Lipinski definition) is 4. The van der Waals surface area contributed by atoms with Crippen LogP contribution in [-0.4, -0.2) is 24.0 Å². The molecule has 0 saturated carbocycles. The molecule has 1 heterocycles. The van der Waals surface area contributed by atoms with Gasteiger partial charge in [-0.2, -0.15) is 0 Å². The molecule has 1 fully saturated rings. The number of nitrogens with zero attached hydrogens (tertiary/aromatic N) is 1. The molecular formula is C11H11ClN2O4. The Morgan fingerprint density at radius 1 is 1.56 bits per heavy atom. The zero-order chi connectivity index (χ0) is 13.1. The van der Waals surface area contributed by atoms with Crippen molar-refractivity contribution in [2.24, 2.45) is 5.92 Å². The molecule has 6 nitrogen and oxygen atoms in total. The van der Waals surface area contributed by atoms with Gasteiger partial charge in [-0.05, 0) is 18.6 Å². The van der Waals surface area contributed by atoms with Gasteiger partial charge in [-0.25, -0.2) is 0 Å². The highest BCUT2D eigenvalue weighted by Gasteiger charge is 2.24. The monoisotopic (exact) mass is 270 g/mol. The lowest BCUT2D eigenvalue weighted by Gasteiger charge is -2.09. The van der Waals surface area contributed by atoms with Gasteiger partial charge in [0, 0.05) is 18.4 Å². The summed E-state index contributed by atoms with van der Waals surface area (Å²) in [6.07, 6.45) is 0.668. The number of anilines is 1. The van der Waals surface area contributed by atoms with Gasteiger partial charge in [-0.1, -0.05) is 11.6 Å². The van der Waals surface area contributed by atoms with E-state index in [4.69, 9.17) is 16.3 Å². The number of hydrogen-bond donors (Lipinski definition) is 1. The zero-order valence-corrected chi connectivity index (χ0v) is 10.1. The molecule has 1 aromatic carbocycles. The van der Waals surface area contributed by atoms with Gasteiger partial charge in [0.1, 0.15) is 5.02 Å². The number of ether oxygens (including phenoxy) is 1. The number of nitrogens with one attached hydrogen (secondary N) is 1. The quantitative estimate of drug-likeness (QED) is 0.674. The summed E-state index contributed by atoms with van der Waals surface area (Å²) in [4.78, 5) is 21.9. The molecule has 1 amide bonds. The number of rotatable bonds is 3. The maximum Gasteiger partial charge on any atom is 0.289 e. The fourth-order valence-corrected chi connectivity index (χ4v) is 1.90. The Balaban J connectivity index is 2.11. The van der Waals surface area contributed by atoms with E-state index in [-0.39, 0.29) is 22.5 Å². The number of benzene rings is 1. The third-order valence-electron chi connectivity index (χ3n) is 2.71. The third kappa shape index (κ3) is 2.77. The van der Waals surface area contributed by atoms with Crippen LogP contribution in [0.25, 0.3) is 0 Å². The van der Waals surface area contributed by atoms with Crippen molar-refractivity contribution < 1.29 is 14.5 Å². The van der Waals surface area contributed by atoms with Crippen LogP contribution in [0.1, 0.15) is 6.42 Å². The summed E-state index contributed by atoms with van der Waals surface area (Å²) >= 11 is 5.68. The first-order chi connectivity index (χ1) is 8.58. The minimum atomic E-state index is -0.587. The van der Waals surface area contributed by atoms with E-state index < -0.39 is 4.92 Å². The van der Waals surface area contributed by atoms with Crippen molar-refractivity contribution in [1.29, 1.82) is 0 Å². The van der Waals surface area contributed by atoms with Crippen molar-refractivity contribution >= 4 is 28.9 Å². The van der Waals surface area contributed by atoms with Gasteiger partial charge in [-0.15, -0.1) is 0 Å². The lowest BCUT2D eigenvalue weighted by molar-refractivity contribution is -0.384. The topological polar surface area (TPSA) is 81.5 Å². The van der Waals surface area contributed by atoms with Crippen molar-refractivity contribution in [3.63, 3.8) is 0 Å². The molecule has 1 aliphatic rings. The molecule has 1 unspecified atom stereocenters. The van der Waals surface area contributed by atoms with Crippen LogP contribution in [0.2, 0.25) is 5.02 Å². The molecule has 0 spiro atoms. The van der Waals surface area contributed by atoms with Crippen LogP contribution in [0, 0.1) is 16.0 Å². The van der Waals surface area contributed by atoms with Gasteiger partial charge in [-0.3, -0.25) is 14.9 Å². The predicted molar refractivity (Wildman–Crippen MR) is 65.7 cm³/mol. The van der Waals surface area contributed by atoms with E-state index in [1.54, 1.807) is 0 Å². The molecule has 0 aliphatic carbocycles. The minimum Gasteiger partial charge on any atom is -0.381 e. The number of halogens is 1. The highest BCUT2D eigenvalue weighted by Crippen LogP contribution is 2.27. The zero-order valence-electron chi connectivity index (χ0n) is 9.39. The lowest BCUT2D eigenvalue weighted by Crippen LogP contribution is -2.22. The summed E-state index contributed by atoms with van der Waals surface area (Å²) in [5.41, 5.74) is 0.139. The third-order valence-corrected chi connectivity index (χ3v) is 3.03. The SMILES string of the molecule is O=C(Nc1ccc(Cl)c([N+](=O)[O-])c1)C1CCOC1. The van der Waals surface area contributed by atoms with E-state index in [0.717, 1.165) is 0 Å². The highest BCUT2D eigenvalue weighted by atomic mass is 35.5. The predicted octanol–water partition coefficient (Wildman–Crippen LogP) is 2.22. The summed E-state index contributed by atoms with van der Waals surface area (Å²) in [5, 5.41) is 13.4.